The second-order valence-electron chi connectivity index (χ2n) is 5.15. The second kappa shape index (κ2) is 10.5. The highest BCUT2D eigenvalue weighted by molar-refractivity contribution is 5.80. The average Bonchev–Trinajstić information content (AvgIpc) is 2.72. The first-order valence-electron chi connectivity index (χ1n) is 7.58. The molecule has 1 heterocycles. The summed E-state index contributed by atoms with van der Waals surface area (Å²) in [7, 11) is 0. The third-order valence-corrected chi connectivity index (χ3v) is 2.97. The molecule has 0 aromatic carbocycles. The van der Waals surface area contributed by atoms with Crippen molar-refractivity contribution in [2.24, 2.45) is 5.92 Å². The molecule has 1 aromatic rings. The molecule has 0 aliphatic heterocycles. The van der Waals surface area contributed by atoms with E-state index in [1.54, 1.807) is 6.92 Å². The third-order valence-electron chi connectivity index (χ3n) is 2.97. The highest BCUT2D eigenvalue weighted by Crippen LogP contribution is 2.14. The lowest BCUT2D eigenvalue weighted by Crippen LogP contribution is -2.11. The number of hydrogen-bond acceptors (Lipinski definition) is 4. The minimum Gasteiger partial charge on any atom is -0.396 e. The van der Waals surface area contributed by atoms with Gasteiger partial charge in [0.05, 0.1) is 0 Å². The summed E-state index contributed by atoms with van der Waals surface area (Å²) in [5.41, 5.74) is 0. The zero-order valence-corrected chi connectivity index (χ0v) is 13.5. The summed E-state index contributed by atoms with van der Waals surface area (Å²) in [6, 6.07) is 0. The van der Waals surface area contributed by atoms with Gasteiger partial charge < -0.3 is 8.83 Å². The van der Waals surface area contributed by atoms with Crippen molar-refractivity contribution in [1.82, 2.24) is 0 Å². The molecule has 1 rings (SSSR count). The second-order valence-corrected chi connectivity index (χ2v) is 5.15. The van der Waals surface area contributed by atoms with Crippen LogP contribution in [0.15, 0.2) is 13.6 Å². The Morgan fingerprint density at radius 3 is 2.25 bits per heavy atom. The lowest BCUT2D eigenvalue weighted by Gasteiger charge is -2.08. The number of carbonyl (C=O) groups excluding carboxylic acids is 1. The van der Waals surface area contributed by atoms with E-state index < -0.39 is 5.82 Å². The average molecular weight is 284 g/mol. The molecule has 0 bridgehead atoms. The summed E-state index contributed by atoms with van der Waals surface area (Å²) >= 11 is 0. The van der Waals surface area contributed by atoms with E-state index in [0.29, 0.717) is 24.4 Å². The van der Waals surface area contributed by atoms with Crippen LogP contribution in [-0.2, 0) is 11.2 Å². The first-order chi connectivity index (χ1) is 9.46. The SMILES string of the molecule is CCC.CCCCC(C)C(=O)CCc1oc(=O)oc1C. The van der Waals surface area contributed by atoms with E-state index in [1.807, 2.05) is 6.92 Å². The van der Waals surface area contributed by atoms with Crippen LogP contribution in [0.4, 0.5) is 0 Å². The van der Waals surface area contributed by atoms with Crippen LogP contribution in [0.1, 0.15) is 71.3 Å². The Balaban J connectivity index is 0.00000110. The summed E-state index contributed by atoms with van der Waals surface area (Å²) in [6.07, 6.45) is 5.23. The maximum atomic E-state index is 11.8. The van der Waals surface area contributed by atoms with Gasteiger partial charge in [-0.25, -0.2) is 4.79 Å². The molecular formula is C16H28O4. The van der Waals surface area contributed by atoms with Crippen molar-refractivity contribution in [2.45, 2.75) is 73.1 Å². The highest BCUT2D eigenvalue weighted by atomic mass is 16.6. The molecule has 1 atom stereocenters. The monoisotopic (exact) mass is 284 g/mol. The van der Waals surface area contributed by atoms with Crippen LogP contribution >= 0.6 is 0 Å². The van der Waals surface area contributed by atoms with Crippen LogP contribution in [0, 0.1) is 12.8 Å². The summed E-state index contributed by atoms with van der Waals surface area (Å²) < 4.78 is 9.59. The molecule has 20 heavy (non-hydrogen) atoms. The van der Waals surface area contributed by atoms with Crippen LogP contribution in [-0.4, -0.2) is 5.78 Å². The van der Waals surface area contributed by atoms with Crippen LogP contribution < -0.4 is 5.82 Å². The van der Waals surface area contributed by atoms with E-state index in [4.69, 9.17) is 8.83 Å². The van der Waals surface area contributed by atoms with Gasteiger partial charge in [-0.1, -0.05) is 47.0 Å². The largest absolute Gasteiger partial charge is 0.519 e. The van der Waals surface area contributed by atoms with E-state index in [2.05, 4.69) is 20.8 Å². The number of rotatable bonds is 7. The van der Waals surface area contributed by atoms with E-state index in [-0.39, 0.29) is 11.7 Å². The summed E-state index contributed by atoms with van der Waals surface area (Å²) in [5, 5.41) is 0. The van der Waals surface area contributed by atoms with Crippen LogP contribution in [0.5, 0.6) is 0 Å². The molecule has 4 nitrogen and oxygen atoms in total. The first kappa shape index (κ1) is 18.7. The normalized spacial score (nSPS) is 11.7. The van der Waals surface area contributed by atoms with Gasteiger partial charge in [0.1, 0.15) is 17.3 Å². The van der Waals surface area contributed by atoms with Crippen molar-refractivity contribution in [3.63, 3.8) is 0 Å². The van der Waals surface area contributed by atoms with Gasteiger partial charge in [0.15, 0.2) is 0 Å². The standard InChI is InChI=1S/C13H20O4.C3H8/c1-4-5-6-9(2)11(14)7-8-12-10(3)16-13(15)17-12;1-3-2/h9H,4-8H2,1-3H3;3H2,1-2H3. The Bertz CT molecular complexity index is 428. The summed E-state index contributed by atoms with van der Waals surface area (Å²) in [6.45, 7) is 9.99. The maximum Gasteiger partial charge on any atom is 0.519 e. The van der Waals surface area contributed by atoms with Crippen LogP contribution in [0.2, 0.25) is 0 Å². The number of carbonyl (C=O) groups is 1. The molecule has 4 heteroatoms. The number of hydrogen-bond donors (Lipinski definition) is 0. The topological polar surface area (TPSA) is 60.4 Å². The fourth-order valence-corrected chi connectivity index (χ4v) is 1.76. The van der Waals surface area contributed by atoms with Gasteiger partial charge in [-0.15, -0.1) is 0 Å². The molecule has 0 aliphatic carbocycles. The van der Waals surface area contributed by atoms with Gasteiger partial charge in [0.2, 0.25) is 0 Å². The predicted octanol–water partition coefficient (Wildman–Crippen LogP) is 4.29. The number of Topliss-reactive ketones (excluding diaryl/α,β-unsaturated/α-hetero) is 1. The minimum atomic E-state index is -0.691. The summed E-state index contributed by atoms with van der Waals surface area (Å²) in [5.74, 6) is 0.592. The van der Waals surface area contributed by atoms with Gasteiger partial charge in [-0.2, -0.15) is 0 Å². The van der Waals surface area contributed by atoms with Crippen molar-refractivity contribution in [3.05, 3.63) is 22.1 Å². The predicted molar refractivity (Wildman–Crippen MR) is 80.0 cm³/mol. The van der Waals surface area contributed by atoms with Crippen molar-refractivity contribution in [1.29, 1.82) is 0 Å². The Labute approximate surface area is 121 Å². The molecule has 116 valence electrons. The number of ketones is 1. The zero-order chi connectivity index (χ0) is 15.5. The molecule has 0 saturated carbocycles. The fraction of sp³-hybridized carbons (Fsp3) is 0.750. The first-order valence-corrected chi connectivity index (χ1v) is 7.58. The quantitative estimate of drug-likeness (QED) is 0.749. The smallest absolute Gasteiger partial charge is 0.396 e. The lowest BCUT2D eigenvalue weighted by molar-refractivity contribution is -0.122. The van der Waals surface area contributed by atoms with Crippen molar-refractivity contribution >= 4 is 5.78 Å². The van der Waals surface area contributed by atoms with Gasteiger partial charge in [0.25, 0.3) is 0 Å². The Morgan fingerprint density at radius 2 is 1.80 bits per heavy atom. The van der Waals surface area contributed by atoms with Crippen LogP contribution in [0.3, 0.4) is 0 Å². The molecule has 0 spiro atoms. The molecule has 1 aromatic heterocycles. The Morgan fingerprint density at radius 1 is 1.20 bits per heavy atom. The van der Waals surface area contributed by atoms with Gasteiger partial charge in [-0.05, 0) is 13.3 Å². The van der Waals surface area contributed by atoms with E-state index in [9.17, 15) is 9.59 Å². The highest BCUT2D eigenvalue weighted by Gasteiger charge is 2.15. The van der Waals surface area contributed by atoms with Gasteiger partial charge in [-0.3, -0.25) is 4.79 Å². The lowest BCUT2D eigenvalue weighted by atomic mass is 9.96. The maximum absolute atomic E-state index is 11.8. The number of aryl methyl sites for hydroxylation is 2. The molecule has 0 fully saturated rings. The molecule has 0 radical (unpaired) electrons. The van der Waals surface area contributed by atoms with Crippen molar-refractivity contribution in [3.8, 4) is 0 Å². The van der Waals surface area contributed by atoms with Gasteiger partial charge in [0, 0.05) is 18.8 Å². The summed E-state index contributed by atoms with van der Waals surface area (Å²) in [4.78, 5) is 22.6. The van der Waals surface area contributed by atoms with Crippen molar-refractivity contribution in [2.75, 3.05) is 0 Å². The van der Waals surface area contributed by atoms with E-state index in [0.717, 1.165) is 19.3 Å². The number of unbranched alkanes of at least 4 members (excludes halogenated alkanes) is 1. The molecule has 1 unspecified atom stereocenters. The minimum absolute atomic E-state index is 0.0916. The van der Waals surface area contributed by atoms with Crippen LogP contribution in [0.25, 0.3) is 0 Å². The van der Waals surface area contributed by atoms with E-state index in [1.165, 1.54) is 6.42 Å². The fourth-order valence-electron chi connectivity index (χ4n) is 1.76. The third kappa shape index (κ3) is 7.31. The Hall–Kier alpha value is -1.32. The molecule has 0 amide bonds. The molecule has 0 saturated heterocycles. The Kier molecular flexibility index (Phi) is 9.77. The van der Waals surface area contributed by atoms with E-state index >= 15 is 0 Å². The molecular weight excluding hydrogens is 256 g/mol. The zero-order valence-electron chi connectivity index (χ0n) is 13.5. The molecule has 0 N–H and O–H groups in total. The van der Waals surface area contributed by atoms with Gasteiger partial charge >= 0.3 is 5.82 Å². The van der Waals surface area contributed by atoms with Crippen molar-refractivity contribution < 1.29 is 13.6 Å². The molecule has 0 aliphatic rings.